The van der Waals surface area contributed by atoms with Gasteiger partial charge in [-0.15, -0.1) is 11.3 Å². The Morgan fingerprint density at radius 1 is 1.14 bits per heavy atom. The molecule has 1 heterocycles. The van der Waals surface area contributed by atoms with E-state index in [1.165, 1.54) is 0 Å². The maximum absolute atomic E-state index is 11.4. The van der Waals surface area contributed by atoms with E-state index in [1.54, 1.807) is 36.1 Å². The Morgan fingerprint density at radius 2 is 1.90 bits per heavy atom. The average Bonchev–Trinajstić information content (AvgIpc) is 2.97. The molecule has 0 atom stereocenters. The van der Waals surface area contributed by atoms with Crippen LogP contribution in [-0.4, -0.2) is 18.2 Å². The predicted octanol–water partition coefficient (Wildman–Crippen LogP) is 3.70. The van der Waals surface area contributed by atoms with Gasteiger partial charge in [-0.1, -0.05) is 0 Å². The number of methoxy groups -OCH3 is 1. The molecule has 0 unspecified atom stereocenters. The molecule has 0 radical (unpaired) electrons. The second-order valence-corrected chi connectivity index (χ2v) is 5.62. The normalized spacial score (nSPS) is 10.6. The highest BCUT2D eigenvalue weighted by molar-refractivity contribution is 7.22. The van der Waals surface area contributed by atoms with E-state index in [0.717, 1.165) is 26.3 Å². The monoisotopic (exact) mass is 299 g/mol. The highest BCUT2D eigenvalue weighted by Gasteiger charge is 2.08. The lowest BCUT2D eigenvalue weighted by molar-refractivity contribution is 0.0706. The third-order valence-electron chi connectivity index (χ3n) is 3.25. The molecule has 5 heteroatoms. The van der Waals surface area contributed by atoms with Gasteiger partial charge in [0, 0.05) is 15.1 Å². The van der Waals surface area contributed by atoms with Gasteiger partial charge in [-0.3, -0.25) is 10.0 Å². The van der Waals surface area contributed by atoms with Gasteiger partial charge in [-0.25, -0.2) is 5.48 Å². The van der Waals surface area contributed by atoms with Crippen LogP contribution in [0, 0.1) is 0 Å². The van der Waals surface area contributed by atoms with Gasteiger partial charge in [0.2, 0.25) is 0 Å². The Morgan fingerprint density at radius 3 is 2.57 bits per heavy atom. The third kappa shape index (κ3) is 2.61. The zero-order valence-corrected chi connectivity index (χ0v) is 12.1. The van der Waals surface area contributed by atoms with Crippen molar-refractivity contribution in [1.82, 2.24) is 5.48 Å². The summed E-state index contributed by atoms with van der Waals surface area (Å²) in [6, 6.07) is 15.2. The van der Waals surface area contributed by atoms with E-state index in [-0.39, 0.29) is 0 Å². The summed E-state index contributed by atoms with van der Waals surface area (Å²) in [5.74, 6) is 0.316. The van der Waals surface area contributed by atoms with Crippen LogP contribution in [0.4, 0.5) is 0 Å². The van der Waals surface area contributed by atoms with Crippen molar-refractivity contribution in [1.29, 1.82) is 0 Å². The van der Waals surface area contributed by atoms with Crippen molar-refractivity contribution in [2.45, 2.75) is 0 Å². The van der Waals surface area contributed by atoms with Gasteiger partial charge in [0.05, 0.1) is 7.11 Å². The van der Waals surface area contributed by atoms with Gasteiger partial charge in [-0.05, 0) is 59.5 Å². The molecule has 0 fully saturated rings. The molecule has 0 aliphatic carbocycles. The van der Waals surface area contributed by atoms with E-state index in [0.29, 0.717) is 5.56 Å². The molecule has 0 saturated heterocycles. The SMILES string of the molecule is COc1ccc(-c2cc3cc(C(=O)NO)ccc3s2)cc1. The molecular formula is C16H13NO3S. The smallest absolute Gasteiger partial charge is 0.274 e. The number of hydroxylamine groups is 1. The Balaban J connectivity index is 2.01. The number of benzene rings is 2. The van der Waals surface area contributed by atoms with Gasteiger partial charge in [0.15, 0.2) is 0 Å². The first-order valence-corrected chi connectivity index (χ1v) is 7.15. The number of ether oxygens (including phenoxy) is 1. The van der Waals surface area contributed by atoms with Gasteiger partial charge in [-0.2, -0.15) is 0 Å². The van der Waals surface area contributed by atoms with Crippen molar-refractivity contribution < 1.29 is 14.7 Å². The van der Waals surface area contributed by atoms with Crippen LogP contribution in [0.3, 0.4) is 0 Å². The van der Waals surface area contributed by atoms with E-state index in [2.05, 4.69) is 0 Å². The quantitative estimate of drug-likeness (QED) is 0.573. The third-order valence-corrected chi connectivity index (χ3v) is 4.42. The molecule has 0 aliphatic rings. The number of fused-ring (bicyclic) bond motifs is 1. The molecule has 21 heavy (non-hydrogen) atoms. The fourth-order valence-electron chi connectivity index (χ4n) is 2.15. The summed E-state index contributed by atoms with van der Waals surface area (Å²) in [6.07, 6.45) is 0. The minimum Gasteiger partial charge on any atom is -0.497 e. The summed E-state index contributed by atoms with van der Waals surface area (Å²) in [5.41, 5.74) is 3.18. The molecule has 0 saturated carbocycles. The van der Waals surface area contributed by atoms with Crippen LogP contribution in [0.2, 0.25) is 0 Å². The molecule has 4 nitrogen and oxygen atoms in total. The summed E-state index contributed by atoms with van der Waals surface area (Å²) in [7, 11) is 1.64. The number of thiophene rings is 1. The molecule has 2 N–H and O–H groups in total. The van der Waals surface area contributed by atoms with E-state index in [4.69, 9.17) is 9.94 Å². The highest BCUT2D eigenvalue weighted by Crippen LogP contribution is 2.34. The first kappa shape index (κ1) is 13.6. The van der Waals surface area contributed by atoms with E-state index in [1.807, 2.05) is 36.4 Å². The molecule has 0 bridgehead atoms. The number of hydrogen-bond acceptors (Lipinski definition) is 4. The van der Waals surface area contributed by atoms with Crippen LogP contribution in [0.25, 0.3) is 20.5 Å². The van der Waals surface area contributed by atoms with Crippen molar-refractivity contribution >= 4 is 27.3 Å². The van der Waals surface area contributed by atoms with Crippen molar-refractivity contribution in [3.05, 3.63) is 54.1 Å². The van der Waals surface area contributed by atoms with Crippen LogP contribution < -0.4 is 10.2 Å². The largest absolute Gasteiger partial charge is 0.497 e. The number of carbonyl (C=O) groups excluding carboxylic acids is 1. The fraction of sp³-hybridized carbons (Fsp3) is 0.0625. The van der Waals surface area contributed by atoms with E-state index >= 15 is 0 Å². The molecule has 0 aliphatic heterocycles. The van der Waals surface area contributed by atoms with Crippen molar-refractivity contribution in [3.63, 3.8) is 0 Å². The van der Waals surface area contributed by atoms with Crippen LogP contribution in [0.15, 0.2) is 48.5 Å². The number of nitrogens with one attached hydrogen (secondary N) is 1. The van der Waals surface area contributed by atoms with Gasteiger partial charge >= 0.3 is 0 Å². The Hall–Kier alpha value is -2.37. The van der Waals surface area contributed by atoms with Crippen LogP contribution in [0.1, 0.15) is 10.4 Å². The maximum Gasteiger partial charge on any atom is 0.274 e. The summed E-state index contributed by atoms with van der Waals surface area (Å²) in [6.45, 7) is 0. The second-order valence-electron chi connectivity index (χ2n) is 4.53. The van der Waals surface area contributed by atoms with Crippen LogP contribution in [0.5, 0.6) is 5.75 Å². The molecule has 0 spiro atoms. The first-order valence-electron chi connectivity index (χ1n) is 6.34. The van der Waals surface area contributed by atoms with Gasteiger partial charge in [0.1, 0.15) is 5.75 Å². The van der Waals surface area contributed by atoms with Gasteiger partial charge in [0.25, 0.3) is 5.91 Å². The number of hydrogen-bond donors (Lipinski definition) is 2. The standard InChI is InChI=1S/C16H13NO3S/c1-20-13-5-2-10(3-6-13)15-9-12-8-11(16(18)17-19)4-7-14(12)21-15/h2-9,19H,1H3,(H,17,18). The van der Waals surface area contributed by atoms with Crippen molar-refractivity contribution in [3.8, 4) is 16.2 Å². The van der Waals surface area contributed by atoms with Crippen molar-refractivity contribution in [2.75, 3.05) is 7.11 Å². The van der Waals surface area contributed by atoms with Crippen molar-refractivity contribution in [2.24, 2.45) is 0 Å². The van der Waals surface area contributed by atoms with Crippen LogP contribution in [-0.2, 0) is 0 Å². The molecule has 3 aromatic rings. The zero-order chi connectivity index (χ0) is 14.8. The molecule has 2 aromatic carbocycles. The van der Waals surface area contributed by atoms with Gasteiger partial charge < -0.3 is 4.74 Å². The Kier molecular flexibility index (Phi) is 3.60. The fourth-order valence-corrected chi connectivity index (χ4v) is 3.20. The van der Waals surface area contributed by atoms with Crippen LogP contribution >= 0.6 is 11.3 Å². The van der Waals surface area contributed by atoms with E-state index in [9.17, 15) is 4.79 Å². The average molecular weight is 299 g/mol. The lowest BCUT2D eigenvalue weighted by atomic mass is 10.1. The Bertz CT molecular complexity index is 793. The number of carbonyl (C=O) groups is 1. The molecule has 1 amide bonds. The zero-order valence-electron chi connectivity index (χ0n) is 11.3. The summed E-state index contributed by atoms with van der Waals surface area (Å²) < 4.78 is 6.25. The summed E-state index contributed by atoms with van der Waals surface area (Å²) >= 11 is 1.66. The molecular weight excluding hydrogens is 286 g/mol. The number of rotatable bonds is 3. The molecule has 3 rings (SSSR count). The summed E-state index contributed by atoms with van der Waals surface area (Å²) in [4.78, 5) is 12.6. The lowest BCUT2D eigenvalue weighted by Gasteiger charge is -2.00. The van der Waals surface area contributed by atoms with E-state index < -0.39 is 5.91 Å². The predicted molar refractivity (Wildman–Crippen MR) is 83.1 cm³/mol. The first-order chi connectivity index (χ1) is 10.2. The molecule has 106 valence electrons. The molecule has 1 aromatic heterocycles. The topological polar surface area (TPSA) is 58.6 Å². The maximum atomic E-state index is 11.4. The second kappa shape index (κ2) is 5.55. The summed E-state index contributed by atoms with van der Waals surface area (Å²) in [5, 5.41) is 9.66. The minimum absolute atomic E-state index is 0.434. The lowest BCUT2D eigenvalue weighted by Crippen LogP contribution is -2.18. The number of amides is 1. The Labute approximate surface area is 125 Å². The minimum atomic E-state index is -0.505. The highest BCUT2D eigenvalue weighted by atomic mass is 32.1.